The molecule has 0 radical (unpaired) electrons. The Morgan fingerprint density at radius 2 is 2.06 bits per heavy atom. The van der Waals surface area contributed by atoms with Gasteiger partial charge >= 0.3 is 0 Å². The van der Waals surface area contributed by atoms with Crippen LogP contribution in [0.1, 0.15) is 26.7 Å². The molecule has 1 aromatic carbocycles. The maximum Gasteiger partial charge on any atom is 0.225 e. The SMILES string of the molecule is CC(C)C(=O)N1CCCC(Oc2ccccc2)C1. The van der Waals surface area contributed by atoms with Crippen molar-refractivity contribution in [2.24, 2.45) is 5.92 Å². The largest absolute Gasteiger partial charge is 0.489 e. The monoisotopic (exact) mass is 247 g/mol. The highest BCUT2D eigenvalue weighted by Crippen LogP contribution is 2.19. The van der Waals surface area contributed by atoms with Crippen LogP contribution in [0.3, 0.4) is 0 Å². The van der Waals surface area contributed by atoms with Crippen molar-refractivity contribution in [1.82, 2.24) is 4.90 Å². The Morgan fingerprint density at radius 3 is 2.72 bits per heavy atom. The molecule has 0 spiro atoms. The van der Waals surface area contributed by atoms with Gasteiger partial charge in [-0.3, -0.25) is 4.79 Å². The van der Waals surface area contributed by atoms with Gasteiger partial charge in [-0.1, -0.05) is 32.0 Å². The van der Waals surface area contributed by atoms with Crippen molar-refractivity contribution in [3.8, 4) is 5.75 Å². The van der Waals surface area contributed by atoms with Gasteiger partial charge in [0.05, 0.1) is 6.54 Å². The molecular formula is C15H21NO2. The van der Waals surface area contributed by atoms with E-state index in [1.54, 1.807) is 0 Å². The van der Waals surface area contributed by atoms with Crippen LogP contribution in [-0.2, 0) is 4.79 Å². The lowest BCUT2D eigenvalue weighted by molar-refractivity contribution is -0.137. The molecule has 3 heteroatoms. The number of para-hydroxylation sites is 1. The molecule has 1 aromatic rings. The highest BCUT2D eigenvalue weighted by atomic mass is 16.5. The topological polar surface area (TPSA) is 29.5 Å². The predicted molar refractivity (Wildman–Crippen MR) is 71.5 cm³/mol. The molecule has 1 aliphatic heterocycles. The summed E-state index contributed by atoms with van der Waals surface area (Å²) < 4.78 is 5.92. The molecule has 0 N–H and O–H groups in total. The molecule has 1 saturated heterocycles. The molecule has 1 unspecified atom stereocenters. The van der Waals surface area contributed by atoms with Crippen molar-refractivity contribution in [2.45, 2.75) is 32.8 Å². The van der Waals surface area contributed by atoms with Gasteiger partial charge in [0, 0.05) is 12.5 Å². The van der Waals surface area contributed by atoms with Crippen LogP contribution in [0, 0.1) is 5.92 Å². The molecule has 0 aliphatic carbocycles. The summed E-state index contributed by atoms with van der Waals surface area (Å²) in [6.07, 6.45) is 2.18. The van der Waals surface area contributed by atoms with Crippen LogP contribution in [0.4, 0.5) is 0 Å². The van der Waals surface area contributed by atoms with E-state index >= 15 is 0 Å². The van der Waals surface area contributed by atoms with Crippen LogP contribution < -0.4 is 4.74 Å². The maximum absolute atomic E-state index is 12.0. The quantitative estimate of drug-likeness (QED) is 0.822. The molecule has 1 heterocycles. The van der Waals surface area contributed by atoms with Crippen LogP contribution in [0.15, 0.2) is 30.3 Å². The van der Waals surface area contributed by atoms with E-state index in [-0.39, 0.29) is 17.9 Å². The first kappa shape index (κ1) is 12.9. The lowest BCUT2D eigenvalue weighted by Gasteiger charge is -2.33. The van der Waals surface area contributed by atoms with E-state index in [0.29, 0.717) is 6.54 Å². The Morgan fingerprint density at radius 1 is 1.33 bits per heavy atom. The number of hydrogen-bond acceptors (Lipinski definition) is 2. The van der Waals surface area contributed by atoms with Crippen molar-refractivity contribution in [1.29, 1.82) is 0 Å². The minimum Gasteiger partial charge on any atom is -0.489 e. The predicted octanol–water partition coefficient (Wildman–Crippen LogP) is 2.71. The van der Waals surface area contributed by atoms with Crippen LogP contribution in [0.2, 0.25) is 0 Å². The smallest absolute Gasteiger partial charge is 0.225 e. The Hall–Kier alpha value is -1.51. The molecule has 3 nitrogen and oxygen atoms in total. The summed E-state index contributed by atoms with van der Waals surface area (Å²) in [7, 11) is 0. The second-order valence-corrected chi connectivity index (χ2v) is 5.13. The summed E-state index contributed by atoms with van der Waals surface area (Å²) in [4.78, 5) is 13.9. The molecule has 1 amide bonds. The Kier molecular flexibility index (Phi) is 4.24. The second kappa shape index (κ2) is 5.89. The molecule has 0 aromatic heterocycles. The molecule has 1 aliphatic rings. The van der Waals surface area contributed by atoms with Crippen molar-refractivity contribution in [2.75, 3.05) is 13.1 Å². The van der Waals surface area contributed by atoms with Gasteiger partial charge in [-0.2, -0.15) is 0 Å². The van der Waals surface area contributed by atoms with Gasteiger partial charge in [0.15, 0.2) is 0 Å². The zero-order valence-corrected chi connectivity index (χ0v) is 11.1. The number of benzene rings is 1. The number of carbonyl (C=O) groups excluding carboxylic acids is 1. The maximum atomic E-state index is 12.0. The normalized spacial score (nSPS) is 19.9. The van der Waals surface area contributed by atoms with Crippen LogP contribution in [0.25, 0.3) is 0 Å². The first-order chi connectivity index (χ1) is 8.66. The molecule has 98 valence electrons. The number of likely N-dealkylation sites (tertiary alicyclic amines) is 1. The fraction of sp³-hybridized carbons (Fsp3) is 0.533. The van der Waals surface area contributed by atoms with E-state index in [4.69, 9.17) is 4.74 Å². The van der Waals surface area contributed by atoms with Crippen molar-refractivity contribution >= 4 is 5.91 Å². The Labute approximate surface area is 109 Å². The minimum atomic E-state index is 0.0699. The zero-order valence-electron chi connectivity index (χ0n) is 11.1. The third kappa shape index (κ3) is 3.25. The fourth-order valence-electron chi connectivity index (χ4n) is 2.29. The van der Waals surface area contributed by atoms with Crippen molar-refractivity contribution < 1.29 is 9.53 Å². The number of hydrogen-bond donors (Lipinski definition) is 0. The number of amides is 1. The fourth-order valence-corrected chi connectivity index (χ4v) is 2.29. The van der Waals surface area contributed by atoms with E-state index in [1.807, 2.05) is 49.1 Å². The highest BCUT2D eigenvalue weighted by Gasteiger charge is 2.26. The van der Waals surface area contributed by atoms with Gasteiger partial charge in [-0.25, -0.2) is 0 Å². The van der Waals surface area contributed by atoms with Gasteiger partial charge in [0.25, 0.3) is 0 Å². The van der Waals surface area contributed by atoms with Gasteiger partial charge in [0.1, 0.15) is 11.9 Å². The lowest BCUT2D eigenvalue weighted by Crippen LogP contribution is -2.45. The number of piperidine rings is 1. The number of nitrogens with zero attached hydrogens (tertiary/aromatic N) is 1. The summed E-state index contributed by atoms with van der Waals surface area (Å²) in [5, 5.41) is 0. The van der Waals surface area contributed by atoms with Gasteiger partial charge in [-0.15, -0.1) is 0 Å². The third-order valence-corrected chi connectivity index (χ3v) is 3.23. The van der Waals surface area contributed by atoms with E-state index in [1.165, 1.54) is 0 Å². The van der Waals surface area contributed by atoms with E-state index in [2.05, 4.69) is 0 Å². The average Bonchev–Trinajstić information content (AvgIpc) is 2.39. The zero-order chi connectivity index (χ0) is 13.0. The van der Waals surface area contributed by atoms with Crippen LogP contribution >= 0.6 is 0 Å². The summed E-state index contributed by atoms with van der Waals surface area (Å²) in [5.74, 6) is 1.19. The molecule has 1 fully saturated rings. The summed E-state index contributed by atoms with van der Waals surface area (Å²) in [6, 6.07) is 9.83. The van der Waals surface area contributed by atoms with Crippen LogP contribution in [-0.4, -0.2) is 30.0 Å². The Balaban J connectivity index is 1.93. The number of carbonyl (C=O) groups is 1. The first-order valence-corrected chi connectivity index (χ1v) is 6.67. The summed E-state index contributed by atoms with van der Waals surface area (Å²) >= 11 is 0. The van der Waals surface area contributed by atoms with E-state index in [0.717, 1.165) is 25.1 Å². The second-order valence-electron chi connectivity index (χ2n) is 5.13. The highest BCUT2D eigenvalue weighted by molar-refractivity contribution is 5.78. The molecule has 18 heavy (non-hydrogen) atoms. The standard InChI is InChI=1S/C15H21NO2/c1-12(2)15(17)16-10-6-9-14(11-16)18-13-7-4-3-5-8-13/h3-5,7-8,12,14H,6,9-11H2,1-2H3. The molecule has 2 rings (SSSR count). The van der Waals surface area contributed by atoms with Gasteiger partial charge in [0.2, 0.25) is 5.91 Å². The van der Waals surface area contributed by atoms with E-state index in [9.17, 15) is 4.79 Å². The van der Waals surface area contributed by atoms with Crippen molar-refractivity contribution in [3.63, 3.8) is 0 Å². The molecule has 0 saturated carbocycles. The third-order valence-electron chi connectivity index (χ3n) is 3.23. The van der Waals surface area contributed by atoms with Crippen molar-refractivity contribution in [3.05, 3.63) is 30.3 Å². The molecule has 0 bridgehead atoms. The minimum absolute atomic E-state index is 0.0699. The number of ether oxygens (including phenoxy) is 1. The average molecular weight is 247 g/mol. The lowest BCUT2D eigenvalue weighted by atomic mass is 10.1. The first-order valence-electron chi connectivity index (χ1n) is 6.67. The summed E-state index contributed by atoms with van der Waals surface area (Å²) in [5.41, 5.74) is 0. The van der Waals surface area contributed by atoms with Gasteiger partial charge < -0.3 is 9.64 Å². The molecular weight excluding hydrogens is 226 g/mol. The van der Waals surface area contributed by atoms with E-state index < -0.39 is 0 Å². The van der Waals surface area contributed by atoms with Gasteiger partial charge in [-0.05, 0) is 25.0 Å². The molecule has 1 atom stereocenters. The number of rotatable bonds is 3. The van der Waals surface area contributed by atoms with Crippen LogP contribution in [0.5, 0.6) is 5.75 Å². The Bertz CT molecular complexity index is 389. The summed E-state index contributed by atoms with van der Waals surface area (Å²) in [6.45, 7) is 5.48.